The number of rotatable bonds is 8. The number of anilines is 1. The maximum absolute atomic E-state index is 5.91. The summed E-state index contributed by atoms with van der Waals surface area (Å²) in [4.78, 5) is 4.57. The molecule has 130 valence electrons. The van der Waals surface area contributed by atoms with Gasteiger partial charge in [-0.25, -0.2) is 4.98 Å². The summed E-state index contributed by atoms with van der Waals surface area (Å²) in [7, 11) is 0.186. The molecule has 1 N–H and O–H groups in total. The third-order valence-corrected chi connectivity index (χ3v) is 4.85. The van der Waals surface area contributed by atoms with E-state index in [2.05, 4.69) is 61.1 Å². The molecular formula is C19H28N2O2Si. The van der Waals surface area contributed by atoms with Crippen molar-refractivity contribution in [1.29, 1.82) is 0 Å². The van der Waals surface area contributed by atoms with Gasteiger partial charge in [0.15, 0.2) is 8.32 Å². The zero-order valence-corrected chi connectivity index (χ0v) is 16.3. The lowest BCUT2D eigenvalue weighted by Crippen LogP contribution is -2.28. The lowest BCUT2D eigenvalue weighted by molar-refractivity contribution is 0.327. The first kappa shape index (κ1) is 18.5. The van der Waals surface area contributed by atoms with E-state index in [1.807, 2.05) is 18.2 Å². The van der Waals surface area contributed by atoms with Gasteiger partial charge in [-0.05, 0) is 37.3 Å². The molecule has 4 nitrogen and oxygen atoms in total. The summed E-state index contributed by atoms with van der Waals surface area (Å²) in [5, 5.41) is 3.50. The van der Waals surface area contributed by atoms with Crippen molar-refractivity contribution >= 4 is 14.0 Å². The van der Waals surface area contributed by atoms with E-state index in [9.17, 15) is 0 Å². The largest absolute Gasteiger partial charge is 0.481 e. The summed E-state index contributed by atoms with van der Waals surface area (Å²) < 4.78 is 11.2. The Balaban J connectivity index is 2.09. The number of ether oxygens (including phenoxy) is 1. The van der Waals surface area contributed by atoms with Crippen LogP contribution in [0.25, 0.3) is 0 Å². The summed E-state index contributed by atoms with van der Waals surface area (Å²) >= 11 is 0. The lowest BCUT2D eigenvalue weighted by atomic mass is 9.95. The van der Waals surface area contributed by atoms with Crippen molar-refractivity contribution in [3.05, 3.63) is 53.7 Å². The van der Waals surface area contributed by atoms with Gasteiger partial charge in [-0.3, -0.25) is 0 Å². The summed E-state index contributed by atoms with van der Waals surface area (Å²) in [5.41, 5.74) is 3.36. The number of methoxy groups -OCH3 is 1. The highest BCUT2D eigenvalue weighted by Crippen LogP contribution is 2.29. The SMILES string of the molecule is COc1cccc([C@@H](C)c2ccccc2NCCO[Si](C)(C)C)n1. The summed E-state index contributed by atoms with van der Waals surface area (Å²) in [5.74, 6) is 0.829. The van der Waals surface area contributed by atoms with Crippen LogP contribution < -0.4 is 10.1 Å². The number of benzene rings is 1. The third-order valence-electron chi connectivity index (χ3n) is 3.78. The minimum absolute atomic E-state index is 0.182. The van der Waals surface area contributed by atoms with Crippen LogP contribution in [-0.4, -0.2) is 33.6 Å². The Morgan fingerprint density at radius 1 is 1.08 bits per heavy atom. The average Bonchev–Trinajstić information content (AvgIpc) is 2.57. The maximum Gasteiger partial charge on any atom is 0.213 e. The van der Waals surface area contributed by atoms with Crippen molar-refractivity contribution in [2.75, 3.05) is 25.6 Å². The van der Waals surface area contributed by atoms with Crippen molar-refractivity contribution in [1.82, 2.24) is 4.98 Å². The molecule has 0 aliphatic heterocycles. The Kier molecular flexibility index (Phi) is 6.40. The lowest BCUT2D eigenvalue weighted by Gasteiger charge is -2.20. The standard InChI is InChI=1S/C19H28N2O2Si/c1-15(17-11-8-12-19(21-17)22-2)16-9-6-7-10-18(16)20-13-14-23-24(3,4)5/h6-12,15,20H,13-14H2,1-5H3/t15-/m0/s1. The molecule has 0 spiro atoms. The van der Waals surface area contributed by atoms with E-state index in [1.54, 1.807) is 7.11 Å². The third kappa shape index (κ3) is 5.35. The van der Waals surface area contributed by atoms with Gasteiger partial charge in [0.2, 0.25) is 5.88 Å². The Hall–Kier alpha value is -1.85. The highest BCUT2D eigenvalue weighted by Gasteiger charge is 2.15. The normalized spacial score (nSPS) is 12.7. The number of nitrogens with one attached hydrogen (secondary N) is 1. The van der Waals surface area contributed by atoms with Gasteiger partial charge in [-0.1, -0.05) is 31.2 Å². The maximum atomic E-state index is 5.91. The van der Waals surface area contributed by atoms with Crippen LogP contribution in [0.1, 0.15) is 24.1 Å². The minimum atomic E-state index is -1.46. The number of pyridine rings is 1. The number of aromatic nitrogens is 1. The first-order valence-corrected chi connectivity index (χ1v) is 11.8. The first-order valence-electron chi connectivity index (χ1n) is 8.38. The molecule has 0 bridgehead atoms. The van der Waals surface area contributed by atoms with E-state index in [4.69, 9.17) is 9.16 Å². The van der Waals surface area contributed by atoms with Crippen LogP contribution in [0.2, 0.25) is 19.6 Å². The molecule has 24 heavy (non-hydrogen) atoms. The molecule has 0 aliphatic carbocycles. The second-order valence-corrected chi connectivity index (χ2v) is 11.3. The summed E-state index contributed by atoms with van der Waals surface area (Å²) in [6.07, 6.45) is 0. The monoisotopic (exact) mass is 344 g/mol. The number of nitrogens with zero attached hydrogens (tertiary/aromatic N) is 1. The van der Waals surface area contributed by atoms with Gasteiger partial charge < -0.3 is 14.5 Å². The van der Waals surface area contributed by atoms with Gasteiger partial charge >= 0.3 is 0 Å². The van der Waals surface area contributed by atoms with Gasteiger partial charge in [0.25, 0.3) is 0 Å². The topological polar surface area (TPSA) is 43.4 Å². The van der Waals surface area contributed by atoms with Gasteiger partial charge in [0.1, 0.15) is 0 Å². The smallest absolute Gasteiger partial charge is 0.213 e. The van der Waals surface area contributed by atoms with E-state index in [0.717, 1.165) is 24.5 Å². The zero-order valence-electron chi connectivity index (χ0n) is 15.3. The molecule has 0 saturated carbocycles. The molecule has 1 aromatic carbocycles. The van der Waals surface area contributed by atoms with E-state index < -0.39 is 8.32 Å². The molecule has 2 aromatic rings. The van der Waals surface area contributed by atoms with Crippen molar-refractivity contribution in [2.24, 2.45) is 0 Å². The molecule has 0 radical (unpaired) electrons. The molecule has 1 aromatic heterocycles. The van der Waals surface area contributed by atoms with Crippen LogP contribution in [0.4, 0.5) is 5.69 Å². The number of hydrogen-bond acceptors (Lipinski definition) is 4. The Morgan fingerprint density at radius 2 is 1.83 bits per heavy atom. The van der Waals surface area contributed by atoms with Crippen LogP contribution in [0.5, 0.6) is 5.88 Å². The van der Waals surface area contributed by atoms with Crippen LogP contribution in [-0.2, 0) is 4.43 Å². The average molecular weight is 345 g/mol. The van der Waals surface area contributed by atoms with Crippen LogP contribution in [0.15, 0.2) is 42.5 Å². The molecule has 2 rings (SSSR count). The fourth-order valence-electron chi connectivity index (χ4n) is 2.52. The quantitative estimate of drug-likeness (QED) is 0.565. The van der Waals surface area contributed by atoms with Crippen molar-refractivity contribution < 1.29 is 9.16 Å². The molecule has 0 unspecified atom stereocenters. The van der Waals surface area contributed by atoms with Gasteiger partial charge in [-0.2, -0.15) is 0 Å². The minimum Gasteiger partial charge on any atom is -0.481 e. The van der Waals surface area contributed by atoms with E-state index in [1.165, 1.54) is 5.56 Å². The predicted molar refractivity (Wildman–Crippen MR) is 103 cm³/mol. The molecule has 0 aliphatic rings. The van der Waals surface area contributed by atoms with Gasteiger partial charge in [0, 0.05) is 24.2 Å². The van der Waals surface area contributed by atoms with E-state index >= 15 is 0 Å². The Bertz CT molecular complexity index is 656. The van der Waals surface area contributed by atoms with Gasteiger partial charge in [-0.15, -0.1) is 0 Å². The first-order chi connectivity index (χ1) is 11.4. The van der Waals surface area contributed by atoms with Crippen molar-refractivity contribution in [3.63, 3.8) is 0 Å². The molecule has 1 atom stereocenters. The zero-order chi connectivity index (χ0) is 17.6. The summed E-state index contributed by atoms with van der Waals surface area (Å²) in [6.45, 7) is 10.3. The van der Waals surface area contributed by atoms with Gasteiger partial charge in [0.05, 0.1) is 19.4 Å². The molecule has 0 saturated heterocycles. The van der Waals surface area contributed by atoms with Crippen molar-refractivity contribution in [2.45, 2.75) is 32.5 Å². The molecular weight excluding hydrogens is 316 g/mol. The molecule has 0 amide bonds. The highest BCUT2D eigenvalue weighted by atomic mass is 28.4. The second-order valence-electron chi connectivity index (χ2n) is 6.80. The number of hydrogen-bond donors (Lipinski definition) is 1. The molecule has 1 heterocycles. The molecule has 5 heteroatoms. The summed E-state index contributed by atoms with van der Waals surface area (Å²) in [6, 6.07) is 14.3. The Morgan fingerprint density at radius 3 is 2.54 bits per heavy atom. The fraction of sp³-hybridized carbons (Fsp3) is 0.421. The van der Waals surface area contributed by atoms with Crippen LogP contribution in [0.3, 0.4) is 0 Å². The predicted octanol–water partition coefficient (Wildman–Crippen LogP) is 4.51. The van der Waals surface area contributed by atoms with Crippen molar-refractivity contribution in [3.8, 4) is 5.88 Å². The van der Waals surface area contributed by atoms with E-state index in [0.29, 0.717) is 5.88 Å². The second kappa shape index (κ2) is 8.31. The molecule has 0 fully saturated rings. The fourth-order valence-corrected chi connectivity index (χ4v) is 3.24. The Labute approximate surface area is 146 Å². The van der Waals surface area contributed by atoms with E-state index in [-0.39, 0.29) is 5.92 Å². The highest BCUT2D eigenvalue weighted by molar-refractivity contribution is 6.69. The number of para-hydroxylation sites is 1. The van der Waals surface area contributed by atoms with Crippen LogP contribution in [0, 0.1) is 0 Å². The van der Waals surface area contributed by atoms with Crippen LogP contribution >= 0.6 is 0 Å².